The fraction of sp³-hybridized carbons (Fsp3) is 0.333. The van der Waals surface area contributed by atoms with Crippen LogP contribution in [0.15, 0.2) is 48.5 Å². The lowest BCUT2D eigenvalue weighted by Gasteiger charge is -2.14. The summed E-state index contributed by atoms with van der Waals surface area (Å²) in [5, 5.41) is 2.81. The van der Waals surface area contributed by atoms with Gasteiger partial charge in [-0.2, -0.15) is 0 Å². The van der Waals surface area contributed by atoms with Crippen LogP contribution in [0.3, 0.4) is 0 Å². The predicted molar refractivity (Wildman–Crippen MR) is 103 cm³/mol. The number of methoxy groups -OCH3 is 1. The molecule has 6 nitrogen and oxygen atoms in total. The van der Waals surface area contributed by atoms with Gasteiger partial charge in [0.05, 0.1) is 19.4 Å². The van der Waals surface area contributed by atoms with E-state index in [-0.39, 0.29) is 5.91 Å². The summed E-state index contributed by atoms with van der Waals surface area (Å²) in [6.45, 7) is 4.06. The molecule has 0 saturated carbocycles. The van der Waals surface area contributed by atoms with Crippen molar-refractivity contribution in [2.24, 2.45) is 0 Å². The lowest BCUT2D eigenvalue weighted by molar-refractivity contribution is -0.151. The number of amides is 1. The molecular formula is C21H25NO5. The van der Waals surface area contributed by atoms with Gasteiger partial charge in [-0.05, 0) is 49.7 Å². The molecule has 0 saturated heterocycles. The Balaban J connectivity index is 1.94. The number of rotatable bonds is 9. The van der Waals surface area contributed by atoms with Crippen molar-refractivity contribution in [3.8, 4) is 11.5 Å². The monoisotopic (exact) mass is 371 g/mol. The predicted octanol–water partition coefficient (Wildman–Crippen LogP) is 4.06. The van der Waals surface area contributed by atoms with E-state index >= 15 is 0 Å². The van der Waals surface area contributed by atoms with E-state index in [4.69, 9.17) is 14.2 Å². The van der Waals surface area contributed by atoms with Crippen molar-refractivity contribution >= 4 is 17.6 Å². The van der Waals surface area contributed by atoms with Crippen LogP contribution >= 0.6 is 0 Å². The highest BCUT2D eigenvalue weighted by atomic mass is 16.6. The molecular weight excluding hydrogens is 346 g/mol. The third kappa shape index (κ3) is 6.02. The number of esters is 1. The van der Waals surface area contributed by atoms with Crippen molar-refractivity contribution in [3.05, 3.63) is 54.1 Å². The molecule has 2 rings (SSSR count). The summed E-state index contributed by atoms with van der Waals surface area (Å²) in [5.41, 5.74) is 1.06. The number of anilines is 1. The van der Waals surface area contributed by atoms with E-state index in [2.05, 4.69) is 5.32 Å². The van der Waals surface area contributed by atoms with Crippen LogP contribution in [0.2, 0.25) is 0 Å². The van der Waals surface area contributed by atoms with Gasteiger partial charge in [0.15, 0.2) is 6.10 Å². The van der Waals surface area contributed by atoms with Gasteiger partial charge < -0.3 is 19.5 Å². The minimum atomic E-state index is -0.713. The van der Waals surface area contributed by atoms with Crippen LogP contribution in [-0.4, -0.2) is 31.7 Å². The Morgan fingerprint density at radius 1 is 1.07 bits per heavy atom. The van der Waals surface area contributed by atoms with E-state index in [1.807, 2.05) is 19.1 Å². The minimum absolute atomic E-state index is 0.266. The maximum atomic E-state index is 12.4. The summed E-state index contributed by atoms with van der Waals surface area (Å²) in [7, 11) is 1.55. The molecule has 0 heterocycles. The first-order valence-electron chi connectivity index (χ1n) is 8.93. The van der Waals surface area contributed by atoms with Crippen LogP contribution in [0.25, 0.3) is 0 Å². The Labute approximate surface area is 159 Å². The van der Waals surface area contributed by atoms with Crippen molar-refractivity contribution < 1.29 is 23.8 Å². The average Bonchev–Trinajstić information content (AvgIpc) is 2.69. The third-order valence-corrected chi connectivity index (χ3v) is 3.86. The molecule has 0 radical (unpaired) electrons. The SMILES string of the molecule is CCCCOC(=O)C(C)Oc1ccc(C(=O)Nc2ccccc2OC)cc1. The third-order valence-electron chi connectivity index (χ3n) is 3.86. The quantitative estimate of drug-likeness (QED) is 0.531. The Hall–Kier alpha value is -3.02. The first-order valence-corrected chi connectivity index (χ1v) is 8.93. The van der Waals surface area contributed by atoms with Crippen molar-refractivity contribution in [3.63, 3.8) is 0 Å². The maximum Gasteiger partial charge on any atom is 0.347 e. The Morgan fingerprint density at radius 2 is 1.78 bits per heavy atom. The zero-order valence-corrected chi connectivity index (χ0v) is 15.9. The molecule has 0 aliphatic heterocycles. The fourth-order valence-electron chi connectivity index (χ4n) is 2.31. The summed E-state index contributed by atoms with van der Waals surface area (Å²) in [4.78, 5) is 24.2. The number of carbonyl (C=O) groups excluding carboxylic acids is 2. The number of ether oxygens (including phenoxy) is 3. The smallest absolute Gasteiger partial charge is 0.347 e. The van der Waals surface area contributed by atoms with Crippen molar-refractivity contribution in [1.82, 2.24) is 0 Å². The van der Waals surface area contributed by atoms with Crippen LogP contribution < -0.4 is 14.8 Å². The van der Waals surface area contributed by atoms with Crippen molar-refractivity contribution in [1.29, 1.82) is 0 Å². The standard InChI is InChI=1S/C21H25NO5/c1-4-5-14-26-21(24)15(2)27-17-12-10-16(11-13-17)20(23)22-18-8-6-7-9-19(18)25-3/h6-13,15H,4-5,14H2,1-3H3,(H,22,23). The van der Waals surface area contributed by atoms with E-state index in [1.165, 1.54) is 0 Å². The number of benzene rings is 2. The van der Waals surface area contributed by atoms with Crippen LogP contribution in [0, 0.1) is 0 Å². The molecule has 2 aromatic rings. The van der Waals surface area contributed by atoms with Crippen molar-refractivity contribution in [2.45, 2.75) is 32.8 Å². The largest absolute Gasteiger partial charge is 0.495 e. The molecule has 1 amide bonds. The van der Waals surface area contributed by atoms with Crippen LogP contribution in [0.5, 0.6) is 11.5 Å². The summed E-state index contributed by atoms with van der Waals surface area (Å²) in [6.07, 6.45) is 1.07. The maximum absolute atomic E-state index is 12.4. The zero-order chi connectivity index (χ0) is 19.6. The second-order valence-electron chi connectivity index (χ2n) is 5.96. The topological polar surface area (TPSA) is 73.9 Å². The summed E-state index contributed by atoms with van der Waals surface area (Å²) in [5.74, 6) is 0.407. The van der Waals surface area contributed by atoms with Gasteiger partial charge >= 0.3 is 5.97 Å². The molecule has 0 aliphatic carbocycles. The van der Waals surface area contributed by atoms with E-state index in [9.17, 15) is 9.59 Å². The van der Waals surface area contributed by atoms with Gasteiger partial charge in [-0.25, -0.2) is 4.79 Å². The Morgan fingerprint density at radius 3 is 2.44 bits per heavy atom. The first-order chi connectivity index (χ1) is 13.0. The molecule has 0 aliphatic rings. The lowest BCUT2D eigenvalue weighted by Crippen LogP contribution is -2.26. The summed E-state index contributed by atoms with van der Waals surface area (Å²) in [6, 6.07) is 13.7. The van der Waals surface area contributed by atoms with Gasteiger partial charge in [0.2, 0.25) is 0 Å². The highest BCUT2D eigenvalue weighted by Gasteiger charge is 2.16. The van der Waals surface area contributed by atoms with Gasteiger partial charge in [0, 0.05) is 5.56 Å². The fourth-order valence-corrected chi connectivity index (χ4v) is 2.31. The highest BCUT2D eigenvalue weighted by molar-refractivity contribution is 6.05. The van der Waals surface area contributed by atoms with Gasteiger partial charge in [0.25, 0.3) is 5.91 Å². The zero-order valence-electron chi connectivity index (χ0n) is 15.9. The van der Waals surface area contributed by atoms with E-state index in [0.717, 1.165) is 12.8 Å². The second-order valence-corrected chi connectivity index (χ2v) is 5.96. The van der Waals surface area contributed by atoms with E-state index in [0.29, 0.717) is 29.4 Å². The molecule has 2 aromatic carbocycles. The lowest BCUT2D eigenvalue weighted by atomic mass is 10.2. The van der Waals surface area contributed by atoms with E-state index < -0.39 is 12.1 Å². The van der Waals surface area contributed by atoms with Gasteiger partial charge in [-0.3, -0.25) is 4.79 Å². The number of carbonyl (C=O) groups is 2. The van der Waals surface area contributed by atoms with Crippen molar-refractivity contribution in [2.75, 3.05) is 19.0 Å². The molecule has 1 atom stereocenters. The molecule has 0 bridgehead atoms. The number of para-hydroxylation sites is 2. The van der Waals surface area contributed by atoms with Crippen LogP contribution in [-0.2, 0) is 9.53 Å². The molecule has 1 unspecified atom stereocenters. The van der Waals surface area contributed by atoms with Gasteiger partial charge in [-0.15, -0.1) is 0 Å². The summed E-state index contributed by atoms with van der Waals surface area (Å²) < 4.78 is 15.9. The minimum Gasteiger partial charge on any atom is -0.495 e. The number of nitrogens with one attached hydrogen (secondary N) is 1. The van der Waals surface area contributed by atoms with Gasteiger partial charge in [0.1, 0.15) is 11.5 Å². The number of unbranched alkanes of at least 4 members (excludes halogenated alkanes) is 1. The Bertz CT molecular complexity index is 757. The molecule has 6 heteroatoms. The first kappa shape index (κ1) is 20.3. The van der Waals surface area contributed by atoms with Crippen LogP contribution in [0.4, 0.5) is 5.69 Å². The molecule has 1 N–H and O–H groups in total. The van der Waals surface area contributed by atoms with Gasteiger partial charge in [-0.1, -0.05) is 25.5 Å². The average molecular weight is 371 g/mol. The molecule has 0 fully saturated rings. The highest BCUT2D eigenvalue weighted by Crippen LogP contribution is 2.24. The molecule has 27 heavy (non-hydrogen) atoms. The summed E-state index contributed by atoms with van der Waals surface area (Å²) >= 11 is 0. The molecule has 0 aromatic heterocycles. The van der Waals surface area contributed by atoms with E-state index in [1.54, 1.807) is 50.4 Å². The normalized spacial score (nSPS) is 11.4. The molecule has 144 valence electrons. The molecule has 0 spiro atoms. The van der Waals surface area contributed by atoms with Crippen LogP contribution in [0.1, 0.15) is 37.0 Å². The Kier molecular flexibility index (Phi) is 7.67. The number of hydrogen-bond acceptors (Lipinski definition) is 5. The number of hydrogen-bond donors (Lipinski definition) is 1. The second kappa shape index (κ2) is 10.2.